The van der Waals surface area contributed by atoms with Crippen LogP contribution < -0.4 is 6.15 Å². The van der Waals surface area contributed by atoms with E-state index in [0.717, 1.165) is 17.4 Å². The first-order chi connectivity index (χ1) is 4.34. The second-order valence-electron chi connectivity index (χ2n) is 1.97. The molecular formula is C8H11NO. The van der Waals surface area contributed by atoms with Crippen molar-refractivity contribution in [1.29, 1.82) is 0 Å². The minimum absolute atomic E-state index is 0. The van der Waals surface area contributed by atoms with Crippen LogP contribution in [0.15, 0.2) is 24.3 Å². The number of aryl methyl sites for hydroxylation is 1. The minimum Gasteiger partial charge on any atom is -0.344 e. The highest BCUT2D eigenvalue weighted by atomic mass is 16.1. The van der Waals surface area contributed by atoms with Gasteiger partial charge in [0, 0.05) is 5.56 Å². The number of benzene rings is 1. The average molecular weight is 137 g/mol. The van der Waals surface area contributed by atoms with Crippen LogP contribution in [0.2, 0.25) is 0 Å². The molecule has 3 N–H and O–H groups in total. The van der Waals surface area contributed by atoms with Gasteiger partial charge in [-0.15, -0.1) is 0 Å². The molecule has 1 rings (SSSR count). The summed E-state index contributed by atoms with van der Waals surface area (Å²) < 4.78 is 0. The molecule has 0 heterocycles. The van der Waals surface area contributed by atoms with E-state index < -0.39 is 0 Å². The average Bonchev–Trinajstić information content (AvgIpc) is 1.89. The first-order valence-electron chi connectivity index (χ1n) is 2.85. The number of hydrogen-bond donors (Lipinski definition) is 1. The van der Waals surface area contributed by atoms with Crippen LogP contribution >= 0.6 is 0 Å². The van der Waals surface area contributed by atoms with Crippen molar-refractivity contribution in [1.82, 2.24) is 6.15 Å². The first-order valence-corrected chi connectivity index (χ1v) is 2.85. The van der Waals surface area contributed by atoms with Crippen molar-refractivity contribution in [3.8, 4) is 0 Å². The number of hydrogen-bond acceptors (Lipinski definition) is 2. The molecule has 0 aliphatic carbocycles. The Morgan fingerprint density at radius 3 is 2.30 bits per heavy atom. The van der Waals surface area contributed by atoms with Crippen molar-refractivity contribution in [3.05, 3.63) is 35.4 Å². The third-order valence-corrected chi connectivity index (χ3v) is 1.32. The monoisotopic (exact) mass is 137 g/mol. The molecule has 10 heavy (non-hydrogen) atoms. The Balaban J connectivity index is 0.000000810. The zero-order valence-corrected chi connectivity index (χ0v) is 6.00. The largest absolute Gasteiger partial charge is 0.344 e. The van der Waals surface area contributed by atoms with Crippen molar-refractivity contribution in [2.45, 2.75) is 6.92 Å². The van der Waals surface area contributed by atoms with Gasteiger partial charge in [-0.05, 0) is 12.5 Å². The fraction of sp³-hybridized carbons (Fsp3) is 0.125. The van der Waals surface area contributed by atoms with Crippen molar-refractivity contribution in [2.75, 3.05) is 0 Å². The molecule has 0 fully saturated rings. The highest BCUT2D eigenvalue weighted by molar-refractivity contribution is 5.76. The van der Waals surface area contributed by atoms with Crippen LogP contribution in [0, 0.1) is 6.92 Å². The normalized spacial score (nSPS) is 8.10. The smallest absolute Gasteiger partial charge is 0.150 e. The van der Waals surface area contributed by atoms with Crippen LogP contribution in [0.25, 0.3) is 0 Å². The third kappa shape index (κ3) is 1.67. The molecule has 0 aliphatic heterocycles. The Morgan fingerprint density at radius 1 is 1.30 bits per heavy atom. The highest BCUT2D eigenvalue weighted by Gasteiger charge is 1.90. The zero-order valence-electron chi connectivity index (χ0n) is 6.00. The van der Waals surface area contributed by atoms with Gasteiger partial charge >= 0.3 is 0 Å². The van der Waals surface area contributed by atoms with Gasteiger partial charge in [-0.3, -0.25) is 4.79 Å². The first kappa shape index (κ1) is 8.85. The summed E-state index contributed by atoms with van der Waals surface area (Å²) in [6, 6.07) is 7.51. The molecule has 2 nitrogen and oxygen atoms in total. The molecule has 1 aromatic rings. The van der Waals surface area contributed by atoms with Gasteiger partial charge in [-0.1, -0.05) is 24.3 Å². The van der Waals surface area contributed by atoms with Crippen LogP contribution in [0.4, 0.5) is 0 Å². The second kappa shape index (κ2) is 3.80. The third-order valence-electron chi connectivity index (χ3n) is 1.32. The molecule has 1 aromatic carbocycles. The summed E-state index contributed by atoms with van der Waals surface area (Å²) in [5.74, 6) is 0. The van der Waals surface area contributed by atoms with Gasteiger partial charge in [0.1, 0.15) is 6.29 Å². The molecule has 0 bridgehead atoms. The predicted octanol–water partition coefficient (Wildman–Crippen LogP) is 1.97. The fourth-order valence-corrected chi connectivity index (χ4v) is 0.719. The van der Waals surface area contributed by atoms with Gasteiger partial charge in [-0.25, -0.2) is 0 Å². The van der Waals surface area contributed by atoms with Crippen LogP contribution in [-0.2, 0) is 0 Å². The fourth-order valence-electron chi connectivity index (χ4n) is 0.719. The van der Waals surface area contributed by atoms with Crippen molar-refractivity contribution < 1.29 is 4.79 Å². The van der Waals surface area contributed by atoms with E-state index in [1.165, 1.54) is 0 Å². The van der Waals surface area contributed by atoms with Crippen molar-refractivity contribution >= 4 is 6.29 Å². The molecule has 0 aromatic heterocycles. The quantitative estimate of drug-likeness (QED) is 0.601. The Morgan fingerprint density at radius 2 is 1.90 bits per heavy atom. The zero-order chi connectivity index (χ0) is 6.69. The van der Waals surface area contributed by atoms with E-state index in [1.54, 1.807) is 0 Å². The molecule has 0 saturated carbocycles. The van der Waals surface area contributed by atoms with E-state index in [4.69, 9.17) is 0 Å². The Hall–Kier alpha value is -1.15. The van der Waals surface area contributed by atoms with Crippen LogP contribution in [0.3, 0.4) is 0 Å². The molecule has 0 saturated heterocycles. The van der Waals surface area contributed by atoms with E-state index in [9.17, 15) is 4.79 Å². The van der Waals surface area contributed by atoms with Crippen LogP contribution in [0.1, 0.15) is 15.9 Å². The van der Waals surface area contributed by atoms with Crippen molar-refractivity contribution in [3.63, 3.8) is 0 Å². The lowest BCUT2D eigenvalue weighted by Gasteiger charge is -1.92. The molecule has 2 heteroatoms. The lowest BCUT2D eigenvalue weighted by Crippen LogP contribution is -1.82. The standard InChI is InChI=1S/C8H8O.H3N/c1-7-4-2-3-5-8(7)6-9;/h2-6H,1H3;1H3. The summed E-state index contributed by atoms with van der Waals surface area (Å²) in [5, 5.41) is 0. The summed E-state index contributed by atoms with van der Waals surface area (Å²) in [6.45, 7) is 1.92. The lowest BCUT2D eigenvalue weighted by atomic mass is 10.1. The Kier molecular flexibility index (Phi) is 3.36. The summed E-state index contributed by atoms with van der Waals surface area (Å²) in [4.78, 5) is 10.2. The SMILES string of the molecule is Cc1ccccc1C=O.N. The summed E-state index contributed by atoms with van der Waals surface area (Å²) in [7, 11) is 0. The van der Waals surface area contributed by atoms with Crippen LogP contribution in [-0.4, -0.2) is 6.29 Å². The predicted molar refractivity (Wildman–Crippen MR) is 41.6 cm³/mol. The topological polar surface area (TPSA) is 52.1 Å². The minimum atomic E-state index is 0. The van der Waals surface area contributed by atoms with Gasteiger partial charge in [-0.2, -0.15) is 0 Å². The molecular weight excluding hydrogens is 126 g/mol. The molecule has 0 atom stereocenters. The van der Waals surface area contributed by atoms with Crippen LogP contribution in [0.5, 0.6) is 0 Å². The van der Waals surface area contributed by atoms with E-state index in [1.807, 2.05) is 31.2 Å². The number of aldehydes is 1. The van der Waals surface area contributed by atoms with Gasteiger partial charge < -0.3 is 6.15 Å². The summed E-state index contributed by atoms with van der Waals surface area (Å²) in [6.07, 6.45) is 0.870. The molecule has 0 unspecified atom stereocenters. The van der Waals surface area contributed by atoms with E-state index >= 15 is 0 Å². The number of carbonyl (C=O) groups is 1. The highest BCUT2D eigenvalue weighted by Crippen LogP contribution is 2.02. The lowest BCUT2D eigenvalue weighted by molar-refractivity contribution is 0.112. The van der Waals surface area contributed by atoms with Gasteiger partial charge in [0.2, 0.25) is 0 Å². The summed E-state index contributed by atoms with van der Waals surface area (Å²) in [5.41, 5.74) is 1.81. The maximum absolute atomic E-state index is 10.2. The maximum Gasteiger partial charge on any atom is 0.150 e. The van der Waals surface area contributed by atoms with Gasteiger partial charge in [0.15, 0.2) is 0 Å². The van der Waals surface area contributed by atoms with E-state index in [0.29, 0.717) is 0 Å². The Labute approximate surface area is 60.5 Å². The van der Waals surface area contributed by atoms with E-state index in [2.05, 4.69) is 0 Å². The van der Waals surface area contributed by atoms with Gasteiger partial charge in [0.25, 0.3) is 0 Å². The summed E-state index contributed by atoms with van der Waals surface area (Å²) >= 11 is 0. The molecule has 0 radical (unpaired) electrons. The van der Waals surface area contributed by atoms with Gasteiger partial charge in [0.05, 0.1) is 0 Å². The molecule has 0 spiro atoms. The maximum atomic E-state index is 10.2. The Bertz CT molecular complexity index is 220. The number of rotatable bonds is 1. The van der Waals surface area contributed by atoms with Crippen molar-refractivity contribution in [2.24, 2.45) is 0 Å². The second-order valence-corrected chi connectivity index (χ2v) is 1.97. The number of carbonyl (C=O) groups excluding carboxylic acids is 1. The molecule has 0 amide bonds. The molecule has 54 valence electrons. The van der Waals surface area contributed by atoms with E-state index in [-0.39, 0.29) is 6.15 Å². The molecule has 0 aliphatic rings.